The molecule has 0 spiro atoms. The molecule has 0 aliphatic carbocycles. The Morgan fingerprint density at radius 2 is 1.80 bits per heavy atom. The van der Waals surface area contributed by atoms with E-state index in [1.165, 1.54) is 12.1 Å². The molecule has 82 valence electrons. The van der Waals surface area contributed by atoms with Gasteiger partial charge in [0.15, 0.2) is 5.78 Å². The van der Waals surface area contributed by atoms with Gasteiger partial charge in [-0.2, -0.15) is 0 Å². The van der Waals surface area contributed by atoms with Crippen LogP contribution in [0.4, 0.5) is 0 Å². The molecule has 2 N–H and O–H groups in total. The zero-order chi connectivity index (χ0) is 11.5. The molecule has 0 aliphatic heterocycles. The molecule has 0 aliphatic rings. The highest BCUT2D eigenvalue weighted by Gasteiger charge is 2.07. The van der Waals surface area contributed by atoms with Crippen molar-refractivity contribution in [2.45, 2.75) is 5.75 Å². The number of rotatable bonds is 4. The molecular weight excluding hydrogens is 238 g/mol. The van der Waals surface area contributed by atoms with E-state index in [1.807, 2.05) is 0 Å². The van der Waals surface area contributed by atoms with E-state index in [-0.39, 0.29) is 17.4 Å². The number of sulfonamides is 1. The van der Waals surface area contributed by atoms with Crippen molar-refractivity contribution in [3.05, 3.63) is 35.4 Å². The second-order valence-electron chi connectivity index (χ2n) is 3.06. The van der Waals surface area contributed by atoms with Crippen molar-refractivity contribution in [1.82, 2.24) is 0 Å². The zero-order valence-electron chi connectivity index (χ0n) is 7.81. The maximum Gasteiger partial charge on any atom is 0.213 e. The van der Waals surface area contributed by atoms with E-state index in [0.717, 1.165) is 0 Å². The Bertz CT molecular complexity index is 453. The van der Waals surface area contributed by atoms with Crippen molar-refractivity contribution >= 4 is 27.4 Å². The summed E-state index contributed by atoms with van der Waals surface area (Å²) in [6.07, 6.45) is 0. The average molecular weight is 248 g/mol. The van der Waals surface area contributed by atoms with Gasteiger partial charge in [-0.3, -0.25) is 4.79 Å². The van der Waals surface area contributed by atoms with Crippen LogP contribution in [0.3, 0.4) is 0 Å². The van der Waals surface area contributed by atoms with Crippen LogP contribution in [0.2, 0.25) is 0 Å². The molecule has 1 aromatic carbocycles. The quantitative estimate of drug-likeness (QED) is 0.634. The maximum absolute atomic E-state index is 11.1. The minimum Gasteiger partial charge on any atom is -0.293 e. The minimum absolute atomic E-state index is 0.0888. The summed E-state index contributed by atoms with van der Waals surface area (Å²) in [5, 5.41) is 4.88. The zero-order valence-corrected chi connectivity index (χ0v) is 9.38. The van der Waals surface area contributed by atoms with Gasteiger partial charge in [-0.15, -0.1) is 11.6 Å². The largest absolute Gasteiger partial charge is 0.293 e. The normalized spacial score (nSPS) is 11.3. The van der Waals surface area contributed by atoms with Gasteiger partial charge < -0.3 is 0 Å². The molecule has 6 heteroatoms. The van der Waals surface area contributed by atoms with Gasteiger partial charge in [0, 0.05) is 5.56 Å². The summed E-state index contributed by atoms with van der Waals surface area (Å²) in [4.78, 5) is 11.1. The molecule has 1 aromatic rings. The van der Waals surface area contributed by atoms with E-state index in [1.54, 1.807) is 12.1 Å². The number of carbonyl (C=O) groups is 1. The molecule has 0 fully saturated rings. The molecule has 0 saturated heterocycles. The van der Waals surface area contributed by atoms with Crippen LogP contribution >= 0.6 is 11.6 Å². The fourth-order valence-corrected chi connectivity index (χ4v) is 1.91. The van der Waals surface area contributed by atoms with Crippen LogP contribution in [0.1, 0.15) is 15.9 Å². The van der Waals surface area contributed by atoms with E-state index in [4.69, 9.17) is 16.7 Å². The first kappa shape index (κ1) is 12.2. The molecule has 0 bridgehead atoms. The highest BCUT2D eigenvalue weighted by Crippen LogP contribution is 2.08. The Morgan fingerprint density at radius 1 is 1.27 bits per heavy atom. The standard InChI is InChI=1S/C9H10ClNO3S/c10-5-9(12)8-3-1-7(2-4-8)6-15(11,13)14/h1-4H,5-6H2,(H2,11,13,14). The smallest absolute Gasteiger partial charge is 0.213 e. The molecular formula is C9H10ClNO3S. The van der Waals surface area contributed by atoms with E-state index in [9.17, 15) is 13.2 Å². The Labute approximate surface area is 93.1 Å². The van der Waals surface area contributed by atoms with Crippen molar-refractivity contribution in [3.8, 4) is 0 Å². The van der Waals surface area contributed by atoms with Crippen LogP contribution in [0.5, 0.6) is 0 Å². The Morgan fingerprint density at radius 3 is 2.20 bits per heavy atom. The van der Waals surface area contributed by atoms with Crippen molar-refractivity contribution in [2.24, 2.45) is 5.14 Å². The number of primary sulfonamides is 1. The molecule has 0 radical (unpaired) electrons. The number of benzene rings is 1. The highest BCUT2D eigenvalue weighted by molar-refractivity contribution is 7.88. The lowest BCUT2D eigenvalue weighted by Gasteiger charge is -2.00. The Hall–Kier alpha value is -0.910. The van der Waals surface area contributed by atoms with Crippen LogP contribution in [0.25, 0.3) is 0 Å². The van der Waals surface area contributed by atoms with Crippen LogP contribution in [0, 0.1) is 0 Å². The van der Waals surface area contributed by atoms with Gasteiger partial charge in [0.25, 0.3) is 0 Å². The molecule has 0 unspecified atom stereocenters. The molecule has 4 nitrogen and oxygen atoms in total. The lowest BCUT2D eigenvalue weighted by molar-refractivity contribution is 0.102. The molecule has 0 atom stereocenters. The number of Topliss-reactive ketones (excluding diaryl/α,β-unsaturated/α-hetero) is 1. The summed E-state index contributed by atoms with van der Waals surface area (Å²) in [7, 11) is -3.53. The first-order chi connectivity index (χ1) is 6.92. The summed E-state index contributed by atoms with van der Waals surface area (Å²) in [6, 6.07) is 6.16. The SMILES string of the molecule is NS(=O)(=O)Cc1ccc(C(=O)CCl)cc1. The third-order valence-corrected chi connectivity index (χ3v) is 2.74. The van der Waals surface area contributed by atoms with Crippen molar-refractivity contribution < 1.29 is 13.2 Å². The fraction of sp³-hybridized carbons (Fsp3) is 0.222. The van der Waals surface area contributed by atoms with Gasteiger partial charge in [0.1, 0.15) is 0 Å². The number of nitrogens with two attached hydrogens (primary N) is 1. The van der Waals surface area contributed by atoms with Crippen LogP contribution in [0.15, 0.2) is 24.3 Å². The van der Waals surface area contributed by atoms with Crippen molar-refractivity contribution in [3.63, 3.8) is 0 Å². The highest BCUT2D eigenvalue weighted by atomic mass is 35.5. The molecule has 15 heavy (non-hydrogen) atoms. The Balaban J connectivity index is 2.86. The lowest BCUT2D eigenvalue weighted by Crippen LogP contribution is -2.14. The van der Waals surface area contributed by atoms with E-state index in [0.29, 0.717) is 11.1 Å². The van der Waals surface area contributed by atoms with Gasteiger partial charge >= 0.3 is 0 Å². The first-order valence-corrected chi connectivity index (χ1v) is 6.36. The summed E-state index contributed by atoms with van der Waals surface area (Å²) in [5.41, 5.74) is 1.01. The van der Waals surface area contributed by atoms with Gasteiger partial charge in [0.2, 0.25) is 10.0 Å². The summed E-state index contributed by atoms with van der Waals surface area (Å²) >= 11 is 5.37. The average Bonchev–Trinajstić information content (AvgIpc) is 2.15. The number of hydrogen-bond acceptors (Lipinski definition) is 3. The third-order valence-electron chi connectivity index (χ3n) is 1.77. The summed E-state index contributed by atoms with van der Waals surface area (Å²) in [6.45, 7) is 0. The second kappa shape index (κ2) is 4.74. The van der Waals surface area contributed by atoms with Crippen molar-refractivity contribution in [2.75, 3.05) is 5.88 Å². The Kier molecular flexibility index (Phi) is 3.84. The predicted molar refractivity (Wildman–Crippen MR) is 58.3 cm³/mol. The predicted octanol–water partition coefficient (Wildman–Crippen LogP) is 0.897. The minimum atomic E-state index is -3.53. The third kappa shape index (κ3) is 3.99. The van der Waals surface area contributed by atoms with E-state index in [2.05, 4.69) is 0 Å². The summed E-state index contributed by atoms with van der Waals surface area (Å²) < 4.78 is 21.5. The van der Waals surface area contributed by atoms with Gasteiger partial charge in [0.05, 0.1) is 11.6 Å². The molecule has 0 aromatic heterocycles. The van der Waals surface area contributed by atoms with Crippen LogP contribution < -0.4 is 5.14 Å². The topological polar surface area (TPSA) is 77.2 Å². The molecule has 1 rings (SSSR count). The molecule has 0 amide bonds. The number of ketones is 1. The monoisotopic (exact) mass is 247 g/mol. The fourth-order valence-electron chi connectivity index (χ4n) is 1.10. The van der Waals surface area contributed by atoms with Gasteiger partial charge in [-0.1, -0.05) is 24.3 Å². The van der Waals surface area contributed by atoms with E-state index < -0.39 is 10.0 Å². The second-order valence-corrected chi connectivity index (χ2v) is 4.94. The summed E-state index contributed by atoms with van der Waals surface area (Å²) in [5.74, 6) is -0.518. The number of halogens is 1. The number of carbonyl (C=O) groups excluding carboxylic acids is 1. The number of hydrogen-bond donors (Lipinski definition) is 1. The molecule has 0 heterocycles. The van der Waals surface area contributed by atoms with E-state index >= 15 is 0 Å². The lowest BCUT2D eigenvalue weighted by atomic mass is 10.1. The number of alkyl halides is 1. The first-order valence-electron chi connectivity index (χ1n) is 4.11. The van der Waals surface area contributed by atoms with Crippen LogP contribution in [-0.4, -0.2) is 20.1 Å². The molecule has 0 saturated carbocycles. The maximum atomic E-state index is 11.1. The van der Waals surface area contributed by atoms with Crippen LogP contribution in [-0.2, 0) is 15.8 Å². The van der Waals surface area contributed by atoms with Gasteiger partial charge in [-0.05, 0) is 5.56 Å². The van der Waals surface area contributed by atoms with Gasteiger partial charge in [-0.25, -0.2) is 13.6 Å². The van der Waals surface area contributed by atoms with Crippen molar-refractivity contribution in [1.29, 1.82) is 0 Å².